The van der Waals surface area contributed by atoms with E-state index in [-0.39, 0.29) is 24.7 Å². The molecule has 168 valence electrons. The largest absolute Gasteiger partial charge is 0.460 e. The first kappa shape index (κ1) is 23.8. The number of β-lactam (4-membered cyclic amide) rings is 1. The van der Waals surface area contributed by atoms with Crippen LogP contribution in [0.15, 0.2) is 35.1 Å². The van der Waals surface area contributed by atoms with Crippen LogP contribution in [0.5, 0.6) is 0 Å². The van der Waals surface area contributed by atoms with E-state index in [0.29, 0.717) is 4.24 Å². The van der Waals surface area contributed by atoms with E-state index in [4.69, 9.17) is 9.47 Å². The van der Waals surface area contributed by atoms with Crippen molar-refractivity contribution in [2.24, 2.45) is 0 Å². The van der Waals surface area contributed by atoms with Crippen molar-refractivity contribution in [2.75, 3.05) is 24.7 Å². The molecule has 11 heteroatoms. The molecule has 0 saturated carbocycles. The number of ether oxygens (including phenoxy) is 2. The minimum absolute atomic E-state index is 0.0183. The third kappa shape index (κ3) is 4.68. The Bertz CT molecular complexity index is 848. The van der Waals surface area contributed by atoms with Crippen molar-refractivity contribution in [2.45, 2.75) is 36.1 Å². The van der Waals surface area contributed by atoms with Crippen LogP contribution in [0.25, 0.3) is 0 Å². The van der Waals surface area contributed by atoms with Gasteiger partial charge < -0.3 is 19.7 Å². The molecule has 0 aromatic heterocycles. The molecule has 8 nitrogen and oxygen atoms in total. The number of hydrogen-bond donors (Lipinski definition) is 1. The average molecular weight is 485 g/mol. The Hall–Kier alpha value is -1.85. The summed E-state index contributed by atoms with van der Waals surface area (Å²) in [5.74, 6) is -0.727. The summed E-state index contributed by atoms with van der Waals surface area (Å²) in [6.45, 7) is 10.8. The Morgan fingerprint density at radius 2 is 1.77 bits per heavy atom. The third-order valence-electron chi connectivity index (χ3n) is 4.81. The van der Waals surface area contributed by atoms with E-state index >= 15 is 0 Å². The van der Waals surface area contributed by atoms with Crippen LogP contribution in [0.1, 0.15) is 13.8 Å². The summed E-state index contributed by atoms with van der Waals surface area (Å²) in [5, 5.41) is 2.26. The molecule has 3 atom stereocenters. The zero-order valence-corrected chi connectivity index (χ0v) is 19.7. The van der Waals surface area contributed by atoms with Gasteiger partial charge in [0, 0.05) is 16.3 Å². The summed E-state index contributed by atoms with van der Waals surface area (Å²) in [6, 6.07) is -1.60. The Morgan fingerprint density at radius 1 is 1.16 bits per heavy atom. The fraction of sp³-hybridized carbons (Fsp3) is 0.500. The minimum Gasteiger partial charge on any atom is -0.460 e. The Labute approximate surface area is 193 Å². The molecule has 1 N–H and O–H groups in total. The number of esters is 2. The standard InChI is InChI=1S/C20H24N2O6S3/c1-5-7-27-17(25)11(19-29-9-10-30-19)14(23)21-12-15(24)22-13(18(26)28-8-6-2)20(3,4)31-16(12)22/h5-6,12-13,16H,1-2,7-10H2,3-4H3,(H,21,23). The maximum Gasteiger partial charge on any atom is 0.345 e. The van der Waals surface area contributed by atoms with E-state index in [1.165, 1.54) is 52.3 Å². The van der Waals surface area contributed by atoms with E-state index < -0.39 is 40.1 Å². The van der Waals surface area contributed by atoms with E-state index in [2.05, 4.69) is 18.5 Å². The molecule has 31 heavy (non-hydrogen) atoms. The fourth-order valence-electron chi connectivity index (χ4n) is 3.49. The smallest absolute Gasteiger partial charge is 0.345 e. The van der Waals surface area contributed by atoms with Gasteiger partial charge in [0.15, 0.2) is 0 Å². The molecule has 0 spiro atoms. The number of nitrogens with one attached hydrogen (secondary N) is 1. The van der Waals surface area contributed by atoms with E-state index in [1.54, 1.807) is 0 Å². The maximum atomic E-state index is 13.0. The van der Waals surface area contributed by atoms with Crippen molar-refractivity contribution < 1.29 is 28.7 Å². The fourth-order valence-corrected chi connectivity index (χ4v) is 7.62. The lowest BCUT2D eigenvalue weighted by Gasteiger charge is -2.43. The highest BCUT2D eigenvalue weighted by atomic mass is 32.2. The summed E-state index contributed by atoms with van der Waals surface area (Å²) in [6.07, 6.45) is 2.88. The molecule has 0 radical (unpaired) electrons. The quantitative estimate of drug-likeness (QED) is 0.138. The first-order chi connectivity index (χ1) is 14.7. The van der Waals surface area contributed by atoms with Gasteiger partial charge in [0.05, 0.1) is 4.24 Å². The van der Waals surface area contributed by atoms with Gasteiger partial charge >= 0.3 is 11.9 Å². The highest BCUT2D eigenvalue weighted by Gasteiger charge is 2.64. The zero-order valence-electron chi connectivity index (χ0n) is 17.3. The van der Waals surface area contributed by atoms with Gasteiger partial charge in [-0.25, -0.2) is 9.59 Å². The first-order valence-corrected chi connectivity index (χ1v) is 12.4. The summed E-state index contributed by atoms with van der Waals surface area (Å²) >= 11 is 4.24. The molecule has 2 amide bonds. The number of rotatable bonds is 8. The molecular formula is C20H24N2O6S3. The molecule has 3 heterocycles. The second kappa shape index (κ2) is 9.74. The predicted molar refractivity (Wildman–Crippen MR) is 122 cm³/mol. The molecule has 0 aromatic carbocycles. The van der Waals surface area contributed by atoms with Gasteiger partial charge in [-0.05, 0) is 13.8 Å². The van der Waals surface area contributed by atoms with Gasteiger partial charge in [-0.1, -0.05) is 25.3 Å². The van der Waals surface area contributed by atoms with Crippen molar-refractivity contribution in [3.05, 3.63) is 35.1 Å². The van der Waals surface area contributed by atoms with Crippen molar-refractivity contribution in [1.82, 2.24) is 10.2 Å². The van der Waals surface area contributed by atoms with Gasteiger partial charge in [-0.3, -0.25) is 9.59 Å². The van der Waals surface area contributed by atoms with Crippen molar-refractivity contribution in [1.29, 1.82) is 0 Å². The second-order valence-electron chi connectivity index (χ2n) is 7.38. The molecule has 3 saturated heterocycles. The van der Waals surface area contributed by atoms with Crippen LogP contribution in [0.4, 0.5) is 0 Å². The molecule has 0 aliphatic carbocycles. The lowest BCUT2D eigenvalue weighted by molar-refractivity contribution is -0.163. The van der Waals surface area contributed by atoms with Crippen LogP contribution >= 0.6 is 35.3 Å². The molecule has 3 fully saturated rings. The van der Waals surface area contributed by atoms with Crippen molar-refractivity contribution in [3.8, 4) is 0 Å². The lowest BCUT2D eigenvalue weighted by Crippen LogP contribution is -2.71. The normalized spacial score (nSPS) is 25.9. The van der Waals surface area contributed by atoms with Crippen LogP contribution in [-0.2, 0) is 28.7 Å². The summed E-state index contributed by atoms with van der Waals surface area (Å²) in [5.41, 5.74) is -0.0928. The van der Waals surface area contributed by atoms with Crippen molar-refractivity contribution in [3.63, 3.8) is 0 Å². The van der Waals surface area contributed by atoms with Gasteiger partial charge in [0.1, 0.15) is 36.2 Å². The molecular weight excluding hydrogens is 460 g/mol. The average Bonchev–Trinajstić information content (AvgIpc) is 3.33. The predicted octanol–water partition coefficient (Wildman–Crippen LogP) is 1.68. The highest BCUT2D eigenvalue weighted by Crippen LogP contribution is 2.51. The number of carbonyl (C=O) groups is 4. The van der Waals surface area contributed by atoms with Crippen LogP contribution < -0.4 is 5.32 Å². The zero-order chi connectivity index (χ0) is 22.8. The van der Waals surface area contributed by atoms with Gasteiger partial charge in [0.2, 0.25) is 5.91 Å². The molecule has 0 aromatic rings. The molecule has 3 rings (SSSR count). The van der Waals surface area contributed by atoms with Crippen LogP contribution in [0.2, 0.25) is 0 Å². The maximum absolute atomic E-state index is 13.0. The number of thioether (sulfide) groups is 3. The summed E-state index contributed by atoms with van der Waals surface area (Å²) in [7, 11) is 0. The van der Waals surface area contributed by atoms with E-state index in [9.17, 15) is 19.2 Å². The Morgan fingerprint density at radius 3 is 2.39 bits per heavy atom. The molecule has 3 aliphatic heterocycles. The Kier molecular flexibility index (Phi) is 7.48. The number of fused-ring (bicyclic) bond motifs is 1. The van der Waals surface area contributed by atoms with Gasteiger partial charge in [-0.2, -0.15) is 0 Å². The molecule has 3 aliphatic rings. The highest BCUT2D eigenvalue weighted by molar-refractivity contribution is 8.25. The van der Waals surface area contributed by atoms with Gasteiger partial charge in [-0.15, -0.1) is 35.3 Å². The number of nitrogens with zero attached hydrogens (tertiary/aromatic N) is 1. The monoisotopic (exact) mass is 484 g/mol. The topological polar surface area (TPSA) is 102 Å². The minimum atomic E-state index is -0.840. The lowest BCUT2D eigenvalue weighted by atomic mass is 9.96. The van der Waals surface area contributed by atoms with Crippen LogP contribution in [0.3, 0.4) is 0 Å². The Balaban J connectivity index is 1.75. The second-order valence-corrected chi connectivity index (χ2v) is 11.6. The van der Waals surface area contributed by atoms with E-state index in [1.807, 2.05) is 13.8 Å². The summed E-state index contributed by atoms with van der Waals surface area (Å²) < 4.78 is 10.2. The SMILES string of the molecule is C=CCOC(=O)C(C(=O)NC1C(=O)N2C1SC(C)(C)C2C(=O)OCC=C)=C1SCCS1. The number of hydrogen-bond acceptors (Lipinski definition) is 9. The third-order valence-corrected chi connectivity index (χ3v) is 9.10. The van der Waals surface area contributed by atoms with E-state index in [0.717, 1.165) is 11.5 Å². The molecule has 3 unspecified atom stereocenters. The van der Waals surface area contributed by atoms with Gasteiger partial charge in [0.25, 0.3) is 5.91 Å². The van der Waals surface area contributed by atoms with Crippen molar-refractivity contribution >= 4 is 59.0 Å². The van der Waals surface area contributed by atoms with Crippen LogP contribution in [-0.4, -0.2) is 75.6 Å². The molecule has 0 bridgehead atoms. The summed E-state index contributed by atoms with van der Waals surface area (Å²) in [4.78, 5) is 52.3. The number of amides is 2. The number of carbonyl (C=O) groups excluding carboxylic acids is 4. The first-order valence-electron chi connectivity index (χ1n) is 9.59. The van der Waals surface area contributed by atoms with Crippen LogP contribution in [0, 0.1) is 0 Å².